The number of hydrogen-bond acceptors (Lipinski definition) is 10. The molecular formula is C24H43N5O11. The maximum atomic E-state index is 11.9. The molecule has 0 aromatic heterocycles. The van der Waals surface area contributed by atoms with Crippen molar-refractivity contribution in [1.82, 2.24) is 26.6 Å². The van der Waals surface area contributed by atoms with Crippen molar-refractivity contribution in [1.29, 1.82) is 0 Å². The summed E-state index contributed by atoms with van der Waals surface area (Å²) >= 11 is 0. The molecule has 0 aromatic rings. The van der Waals surface area contributed by atoms with Crippen molar-refractivity contribution in [2.45, 2.75) is 44.7 Å². The van der Waals surface area contributed by atoms with Crippen LogP contribution in [0.5, 0.6) is 0 Å². The molecule has 0 unspecified atom stereocenters. The summed E-state index contributed by atoms with van der Waals surface area (Å²) in [5.74, 6) is -2.31. The summed E-state index contributed by atoms with van der Waals surface area (Å²) in [7, 11) is 1.52. The largest absolute Gasteiger partial charge is 0.480 e. The van der Waals surface area contributed by atoms with Crippen LogP contribution in [-0.4, -0.2) is 126 Å². The molecule has 0 spiro atoms. The lowest BCUT2D eigenvalue weighted by Crippen LogP contribution is -2.38. The Hall–Kier alpha value is -3.34. The number of rotatable bonds is 26. The van der Waals surface area contributed by atoms with E-state index in [0.717, 1.165) is 0 Å². The topological polar surface area (TPSA) is 220 Å². The fourth-order valence-corrected chi connectivity index (χ4v) is 2.91. The summed E-state index contributed by atoms with van der Waals surface area (Å²) in [6.45, 7) is 3.77. The van der Waals surface area contributed by atoms with Crippen LogP contribution in [0.15, 0.2) is 0 Å². The third-order valence-electron chi connectivity index (χ3n) is 5.07. The second-order valence-electron chi connectivity index (χ2n) is 8.42. The van der Waals surface area contributed by atoms with Gasteiger partial charge in [0.05, 0.1) is 39.6 Å². The standard InChI is InChI=1S/C24H43N5O11/c1-18(29-21(32)6-4-19(24(35)36)28-17-30)3-5-20(31)26-7-9-37-12-14-40-16-23(34)27-8-10-38-11-13-39-15-22(33)25-2/h17-19H,3-16H2,1-2H3,(H,25,33)(H,26,31)(H,27,34)(H,28,30)(H,29,32)(H,35,36)/t18-,19+/m1/s1. The first-order valence-corrected chi connectivity index (χ1v) is 13.0. The first-order valence-electron chi connectivity index (χ1n) is 13.0. The first-order chi connectivity index (χ1) is 19.2. The van der Waals surface area contributed by atoms with Gasteiger partial charge in [0, 0.05) is 39.0 Å². The van der Waals surface area contributed by atoms with Crippen molar-refractivity contribution in [3.05, 3.63) is 0 Å². The predicted octanol–water partition coefficient (Wildman–Crippen LogP) is -2.70. The minimum Gasteiger partial charge on any atom is -0.480 e. The lowest BCUT2D eigenvalue weighted by Gasteiger charge is -2.15. The highest BCUT2D eigenvalue weighted by atomic mass is 16.5. The van der Waals surface area contributed by atoms with Crippen molar-refractivity contribution in [3.8, 4) is 0 Å². The number of carboxylic acids is 1. The Labute approximate surface area is 233 Å². The quantitative estimate of drug-likeness (QED) is 0.0458. The van der Waals surface area contributed by atoms with E-state index in [9.17, 15) is 28.8 Å². The summed E-state index contributed by atoms with van der Waals surface area (Å²) in [6, 6.07) is -1.42. The average Bonchev–Trinajstić information content (AvgIpc) is 2.92. The minimum atomic E-state index is -1.22. The first kappa shape index (κ1) is 36.7. The van der Waals surface area contributed by atoms with E-state index in [4.69, 9.17) is 24.1 Å². The number of carbonyl (C=O) groups excluding carboxylic acids is 5. The van der Waals surface area contributed by atoms with Crippen molar-refractivity contribution < 1.29 is 52.8 Å². The molecule has 40 heavy (non-hydrogen) atoms. The zero-order valence-corrected chi connectivity index (χ0v) is 23.2. The molecule has 0 fully saturated rings. The van der Waals surface area contributed by atoms with Crippen molar-refractivity contribution in [2.24, 2.45) is 0 Å². The van der Waals surface area contributed by atoms with Crippen LogP contribution in [0.1, 0.15) is 32.6 Å². The zero-order chi connectivity index (χ0) is 30.0. The van der Waals surface area contributed by atoms with Crippen LogP contribution in [0.4, 0.5) is 0 Å². The lowest BCUT2D eigenvalue weighted by atomic mass is 10.1. The van der Waals surface area contributed by atoms with Gasteiger partial charge in [-0.2, -0.15) is 0 Å². The smallest absolute Gasteiger partial charge is 0.326 e. The monoisotopic (exact) mass is 577 g/mol. The van der Waals surface area contributed by atoms with Crippen LogP contribution in [0, 0.1) is 0 Å². The number of hydrogen-bond donors (Lipinski definition) is 6. The van der Waals surface area contributed by atoms with Crippen LogP contribution < -0.4 is 26.6 Å². The maximum Gasteiger partial charge on any atom is 0.326 e. The third kappa shape index (κ3) is 22.6. The Morgan fingerprint density at radius 1 is 0.725 bits per heavy atom. The Kier molecular flexibility index (Phi) is 22.6. The molecule has 5 amide bonds. The molecule has 0 rings (SSSR count). The Balaban J connectivity index is 3.61. The molecule has 0 saturated heterocycles. The van der Waals surface area contributed by atoms with E-state index in [1.54, 1.807) is 6.92 Å². The normalized spacial score (nSPS) is 12.1. The molecule has 6 N–H and O–H groups in total. The van der Waals surface area contributed by atoms with Gasteiger partial charge in [-0.15, -0.1) is 0 Å². The molecule has 0 bridgehead atoms. The summed E-state index contributed by atoms with van der Waals surface area (Å²) in [5, 5.41) is 21.5. The molecular weight excluding hydrogens is 534 g/mol. The van der Waals surface area contributed by atoms with Crippen LogP contribution in [0.3, 0.4) is 0 Å². The van der Waals surface area contributed by atoms with E-state index < -0.39 is 12.0 Å². The number of likely N-dealkylation sites (N-methyl/N-ethyl adjacent to an activating group) is 1. The molecule has 0 heterocycles. The number of carboxylic acid groups (broad SMARTS) is 1. The van der Waals surface area contributed by atoms with Crippen LogP contribution in [0.2, 0.25) is 0 Å². The van der Waals surface area contributed by atoms with Crippen molar-refractivity contribution >= 4 is 36.0 Å². The van der Waals surface area contributed by atoms with Gasteiger partial charge < -0.3 is 50.6 Å². The van der Waals surface area contributed by atoms with Crippen LogP contribution in [0.25, 0.3) is 0 Å². The van der Waals surface area contributed by atoms with Gasteiger partial charge in [0.15, 0.2) is 0 Å². The van der Waals surface area contributed by atoms with E-state index in [0.29, 0.717) is 26.2 Å². The second-order valence-corrected chi connectivity index (χ2v) is 8.42. The zero-order valence-electron chi connectivity index (χ0n) is 23.2. The highest BCUT2D eigenvalue weighted by Gasteiger charge is 2.18. The molecule has 16 nitrogen and oxygen atoms in total. The van der Waals surface area contributed by atoms with Gasteiger partial charge >= 0.3 is 5.97 Å². The molecule has 0 aliphatic heterocycles. The number of aliphatic carboxylic acids is 1. The van der Waals surface area contributed by atoms with Crippen molar-refractivity contribution in [2.75, 3.05) is 73.0 Å². The van der Waals surface area contributed by atoms with Gasteiger partial charge in [-0.05, 0) is 19.8 Å². The van der Waals surface area contributed by atoms with Crippen molar-refractivity contribution in [3.63, 3.8) is 0 Å². The van der Waals surface area contributed by atoms with Crippen LogP contribution in [-0.2, 0) is 47.7 Å². The fourth-order valence-electron chi connectivity index (χ4n) is 2.91. The SMILES string of the molecule is CNC(=O)COCCOCCNC(=O)COCCOCCNC(=O)CC[C@@H](C)NC(=O)CC[C@H](NC=O)C(=O)O. The highest BCUT2D eigenvalue weighted by Crippen LogP contribution is 2.01. The van der Waals surface area contributed by atoms with Gasteiger partial charge in [-0.3, -0.25) is 24.0 Å². The summed E-state index contributed by atoms with van der Waals surface area (Å²) in [6.07, 6.45) is 0.734. The Morgan fingerprint density at radius 3 is 1.80 bits per heavy atom. The van der Waals surface area contributed by atoms with E-state index in [-0.39, 0.29) is 102 Å². The number of carbonyl (C=O) groups is 6. The van der Waals surface area contributed by atoms with E-state index >= 15 is 0 Å². The molecule has 2 atom stereocenters. The second kappa shape index (κ2) is 24.7. The third-order valence-corrected chi connectivity index (χ3v) is 5.07. The van der Waals surface area contributed by atoms with Gasteiger partial charge in [-0.25, -0.2) is 4.79 Å². The molecule has 0 saturated carbocycles. The van der Waals surface area contributed by atoms with Gasteiger partial charge in [0.2, 0.25) is 30.0 Å². The number of amides is 5. The average molecular weight is 578 g/mol. The van der Waals surface area contributed by atoms with E-state index in [1.807, 2.05) is 0 Å². The fraction of sp³-hybridized carbons (Fsp3) is 0.750. The van der Waals surface area contributed by atoms with Gasteiger partial charge in [0.1, 0.15) is 19.3 Å². The predicted molar refractivity (Wildman–Crippen MR) is 140 cm³/mol. The van der Waals surface area contributed by atoms with Gasteiger partial charge in [-0.1, -0.05) is 0 Å². The molecule has 0 aliphatic carbocycles. The van der Waals surface area contributed by atoms with Gasteiger partial charge in [0.25, 0.3) is 0 Å². The molecule has 0 aromatic carbocycles. The Bertz CT molecular complexity index is 769. The number of ether oxygens (including phenoxy) is 4. The molecule has 0 radical (unpaired) electrons. The summed E-state index contributed by atoms with van der Waals surface area (Å²) in [5.41, 5.74) is 0. The highest BCUT2D eigenvalue weighted by molar-refractivity contribution is 5.80. The van der Waals surface area contributed by atoms with E-state index in [2.05, 4.69) is 26.6 Å². The maximum absolute atomic E-state index is 11.9. The lowest BCUT2D eigenvalue weighted by molar-refractivity contribution is -0.141. The molecule has 16 heteroatoms. The van der Waals surface area contributed by atoms with E-state index in [1.165, 1.54) is 7.05 Å². The molecule has 230 valence electrons. The van der Waals surface area contributed by atoms with Crippen LogP contribution >= 0.6 is 0 Å². The Morgan fingerprint density at radius 2 is 1.25 bits per heavy atom. The molecule has 0 aliphatic rings. The summed E-state index contributed by atoms with van der Waals surface area (Å²) in [4.78, 5) is 67.8. The summed E-state index contributed by atoms with van der Waals surface area (Å²) < 4.78 is 20.9. The minimum absolute atomic E-state index is 0.0276. The number of nitrogens with one attached hydrogen (secondary N) is 5.